The standard InChI is InChI=1S/C16H12N2O3/c1-10-4-2-3-5-12(10)16-18-17-15(21-16)11-6-7-13-14(8-11)20-9-19-13/h2-8H,9H2,1H3. The molecule has 0 aliphatic carbocycles. The summed E-state index contributed by atoms with van der Waals surface area (Å²) >= 11 is 0. The molecular formula is C16H12N2O3. The van der Waals surface area contributed by atoms with Crippen LogP contribution >= 0.6 is 0 Å². The number of aromatic nitrogens is 2. The van der Waals surface area contributed by atoms with Gasteiger partial charge in [0.1, 0.15) is 0 Å². The van der Waals surface area contributed by atoms with E-state index in [1.165, 1.54) is 0 Å². The maximum absolute atomic E-state index is 5.78. The van der Waals surface area contributed by atoms with Crippen molar-refractivity contribution in [1.29, 1.82) is 0 Å². The molecule has 0 spiro atoms. The molecule has 2 aromatic carbocycles. The molecule has 0 N–H and O–H groups in total. The van der Waals surface area contributed by atoms with Crippen molar-refractivity contribution < 1.29 is 13.9 Å². The van der Waals surface area contributed by atoms with Crippen molar-refractivity contribution in [3.63, 3.8) is 0 Å². The Morgan fingerprint density at radius 1 is 0.905 bits per heavy atom. The average Bonchev–Trinajstić information content (AvgIpc) is 3.16. The van der Waals surface area contributed by atoms with E-state index in [1.54, 1.807) is 0 Å². The number of ether oxygens (including phenoxy) is 2. The zero-order valence-electron chi connectivity index (χ0n) is 11.4. The van der Waals surface area contributed by atoms with E-state index in [1.807, 2.05) is 49.4 Å². The van der Waals surface area contributed by atoms with Crippen LogP contribution in [0.4, 0.5) is 0 Å². The van der Waals surface area contributed by atoms with E-state index in [0.717, 1.165) is 22.4 Å². The minimum atomic E-state index is 0.247. The van der Waals surface area contributed by atoms with Gasteiger partial charge in [-0.05, 0) is 36.8 Å². The lowest BCUT2D eigenvalue weighted by molar-refractivity contribution is 0.174. The molecule has 0 saturated heterocycles. The molecule has 0 atom stereocenters. The van der Waals surface area contributed by atoms with Crippen LogP contribution in [0.2, 0.25) is 0 Å². The first-order valence-corrected chi connectivity index (χ1v) is 6.61. The predicted molar refractivity (Wildman–Crippen MR) is 76.0 cm³/mol. The molecule has 0 saturated carbocycles. The summed E-state index contributed by atoms with van der Waals surface area (Å²) in [5, 5.41) is 8.24. The van der Waals surface area contributed by atoms with Gasteiger partial charge >= 0.3 is 0 Å². The number of benzene rings is 2. The van der Waals surface area contributed by atoms with Crippen molar-refractivity contribution in [3.8, 4) is 34.4 Å². The SMILES string of the molecule is Cc1ccccc1-c1nnc(-c2ccc3c(c2)OCO3)o1. The van der Waals surface area contributed by atoms with Crippen molar-refractivity contribution in [2.75, 3.05) is 6.79 Å². The van der Waals surface area contributed by atoms with Crippen LogP contribution in [0.15, 0.2) is 46.9 Å². The second kappa shape index (κ2) is 4.63. The monoisotopic (exact) mass is 280 g/mol. The number of nitrogens with zero attached hydrogens (tertiary/aromatic N) is 2. The topological polar surface area (TPSA) is 57.4 Å². The summed E-state index contributed by atoms with van der Waals surface area (Å²) in [6.07, 6.45) is 0. The second-order valence-electron chi connectivity index (χ2n) is 4.80. The Hall–Kier alpha value is -2.82. The van der Waals surface area contributed by atoms with Crippen molar-refractivity contribution in [1.82, 2.24) is 10.2 Å². The smallest absolute Gasteiger partial charge is 0.248 e. The first-order valence-electron chi connectivity index (χ1n) is 6.61. The van der Waals surface area contributed by atoms with Gasteiger partial charge in [0.25, 0.3) is 0 Å². The third-order valence-electron chi connectivity index (χ3n) is 3.42. The highest BCUT2D eigenvalue weighted by molar-refractivity contribution is 5.63. The lowest BCUT2D eigenvalue weighted by Gasteiger charge is -1.99. The third-order valence-corrected chi connectivity index (χ3v) is 3.42. The van der Waals surface area contributed by atoms with Gasteiger partial charge in [0.05, 0.1) is 0 Å². The van der Waals surface area contributed by atoms with Gasteiger partial charge in [-0.3, -0.25) is 0 Å². The minimum Gasteiger partial charge on any atom is -0.454 e. The number of hydrogen-bond acceptors (Lipinski definition) is 5. The summed E-state index contributed by atoms with van der Waals surface area (Å²) in [6.45, 7) is 2.26. The van der Waals surface area contributed by atoms with Gasteiger partial charge in [-0.1, -0.05) is 18.2 Å². The Morgan fingerprint density at radius 3 is 2.62 bits per heavy atom. The van der Waals surface area contributed by atoms with Crippen molar-refractivity contribution in [3.05, 3.63) is 48.0 Å². The molecule has 104 valence electrons. The normalized spacial score (nSPS) is 12.6. The summed E-state index contributed by atoms with van der Waals surface area (Å²) in [4.78, 5) is 0. The minimum absolute atomic E-state index is 0.247. The van der Waals surface area contributed by atoms with Crippen LogP contribution in [-0.4, -0.2) is 17.0 Å². The summed E-state index contributed by atoms with van der Waals surface area (Å²) in [5.74, 6) is 2.41. The molecule has 5 nitrogen and oxygen atoms in total. The summed E-state index contributed by atoms with van der Waals surface area (Å²) in [7, 11) is 0. The van der Waals surface area contributed by atoms with Crippen LogP contribution in [0, 0.1) is 6.92 Å². The highest BCUT2D eigenvalue weighted by Crippen LogP contribution is 2.36. The highest BCUT2D eigenvalue weighted by atomic mass is 16.7. The Morgan fingerprint density at radius 2 is 1.71 bits per heavy atom. The van der Waals surface area contributed by atoms with E-state index in [9.17, 15) is 0 Å². The number of hydrogen-bond donors (Lipinski definition) is 0. The first kappa shape index (κ1) is 12.0. The number of fused-ring (bicyclic) bond motifs is 1. The molecule has 0 radical (unpaired) electrons. The fourth-order valence-corrected chi connectivity index (χ4v) is 2.29. The molecule has 2 heterocycles. The number of aryl methyl sites for hydroxylation is 1. The van der Waals surface area contributed by atoms with E-state index in [-0.39, 0.29) is 6.79 Å². The largest absolute Gasteiger partial charge is 0.454 e. The van der Waals surface area contributed by atoms with Crippen LogP contribution in [0.5, 0.6) is 11.5 Å². The molecule has 5 heteroatoms. The quantitative estimate of drug-likeness (QED) is 0.719. The second-order valence-corrected chi connectivity index (χ2v) is 4.80. The van der Waals surface area contributed by atoms with Crippen LogP contribution in [0.3, 0.4) is 0 Å². The van der Waals surface area contributed by atoms with E-state index in [2.05, 4.69) is 10.2 Å². The van der Waals surface area contributed by atoms with Crippen LogP contribution < -0.4 is 9.47 Å². The van der Waals surface area contributed by atoms with E-state index in [4.69, 9.17) is 13.9 Å². The van der Waals surface area contributed by atoms with Gasteiger partial charge in [-0.15, -0.1) is 10.2 Å². The predicted octanol–water partition coefficient (Wildman–Crippen LogP) is 3.44. The zero-order chi connectivity index (χ0) is 14.2. The van der Waals surface area contributed by atoms with Gasteiger partial charge in [-0.25, -0.2) is 0 Å². The van der Waals surface area contributed by atoms with E-state index in [0.29, 0.717) is 17.5 Å². The average molecular weight is 280 g/mol. The lowest BCUT2D eigenvalue weighted by atomic mass is 10.1. The lowest BCUT2D eigenvalue weighted by Crippen LogP contribution is -1.92. The molecule has 0 bridgehead atoms. The fraction of sp³-hybridized carbons (Fsp3) is 0.125. The van der Waals surface area contributed by atoms with Crippen LogP contribution in [-0.2, 0) is 0 Å². The zero-order valence-corrected chi connectivity index (χ0v) is 11.4. The fourth-order valence-electron chi connectivity index (χ4n) is 2.29. The van der Waals surface area contributed by atoms with Gasteiger partial charge in [0.2, 0.25) is 18.6 Å². The van der Waals surface area contributed by atoms with Crippen LogP contribution in [0.1, 0.15) is 5.56 Å². The maximum atomic E-state index is 5.78. The molecule has 1 aliphatic rings. The third kappa shape index (κ3) is 2.03. The Balaban J connectivity index is 1.73. The van der Waals surface area contributed by atoms with Gasteiger partial charge in [0, 0.05) is 11.1 Å². The molecule has 0 amide bonds. The molecule has 4 rings (SSSR count). The Labute approximate surface area is 121 Å². The van der Waals surface area contributed by atoms with E-state index >= 15 is 0 Å². The van der Waals surface area contributed by atoms with Gasteiger partial charge < -0.3 is 13.9 Å². The summed E-state index contributed by atoms with van der Waals surface area (Å²) in [5.41, 5.74) is 2.85. The van der Waals surface area contributed by atoms with Crippen molar-refractivity contribution in [2.24, 2.45) is 0 Å². The Kier molecular flexibility index (Phi) is 2.64. The molecule has 1 aliphatic heterocycles. The molecule has 0 fully saturated rings. The highest BCUT2D eigenvalue weighted by Gasteiger charge is 2.17. The van der Waals surface area contributed by atoms with Crippen molar-refractivity contribution >= 4 is 0 Å². The van der Waals surface area contributed by atoms with Crippen molar-refractivity contribution in [2.45, 2.75) is 6.92 Å². The molecule has 1 aromatic heterocycles. The van der Waals surface area contributed by atoms with Gasteiger partial charge in [-0.2, -0.15) is 0 Å². The molecule has 0 unspecified atom stereocenters. The molecular weight excluding hydrogens is 268 g/mol. The van der Waals surface area contributed by atoms with Gasteiger partial charge in [0.15, 0.2) is 11.5 Å². The van der Waals surface area contributed by atoms with E-state index < -0.39 is 0 Å². The maximum Gasteiger partial charge on any atom is 0.248 e. The number of rotatable bonds is 2. The summed E-state index contributed by atoms with van der Waals surface area (Å²) in [6, 6.07) is 13.5. The molecule has 3 aromatic rings. The first-order chi connectivity index (χ1) is 10.3. The Bertz CT molecular complexity index is 811. The van der Waals surface area contributed by atoms with Crippen LogP contribution in [0.25, 0.3) is 22.9 Å². The summed E-state index contributed by atoms with van der Waals surface area (Å²) < 4.78 is 16.4. The molecule has 21 heavy (non-hydrogen) atoms.